The van der Waals surface area contributed by atoms with Crippen molar-refractivity contribution in [3.63, 3.8) is 0 Å². The van der Waals surface area contributed by atoms with Crippen molar-refractivity contribution < 1.29 is 13.2 Å². The number of anilines is 1. The lowest BCUT2D eigenvalue weighted by Crippen LogP contribution is -2.15. The molecule has 33 heavy (non-hydrogen) atoms. The smallest absolute Gasteiger partial charge is 0.382 e. The first-order chi connectivity index (χ1) is 15.9. The van der Waals surface area contributed by atoms with Gasteiger partial charge < -0.3 is 10.3 Å². The van der Waals surface area contributed by atoms with Gasteiger partial charge in [-0.05, 0) is 37.5 Å². The third kappa shape index (κ3) is 4.62. The van der Waals surface area contributed by atoms with E-state index < -0.39 is 12.6 Å². The lowest BCUT2D eigenvalue weighted by Gasteiger charge is -2.11. The van der Waals surface area contributed by atoms with Gasteiger partial charge in [-0.15, -0.1) is 0 Å². The molecule has 9 heteroatoms. The molecule has 0 saturated heterocycles. The van der Waals surface area contributed by atoms with Crippen LogP contribution in [0.3, 0.4) is 0 Å². The standard InChI is InChI=1S/C24H23F3N6/c1-2-3-18-12-19(28-11-10-24(25,26)27)23-30-14-21(33(23)32-18)16-6-4-15(5-7-16)20-13-29-22(31-20)17-8-9-17/h2-7,12-14,17,28H,8-11H2,1H3,(H,29,31)/b3-2+. The van der Waals surface area contributed by atoms with E-state index in [0.717, 1.165) is 28.3 Å². The van der Waals surface area contributed by atoms with Crippen LogP contribution in [0.25, 0.3) is 34.2 Å². The summed E-state index contributed by atoms with van der Waals surface area (Å²) < 4.78 is 39.5. The number of benzene rings is 1. The molecule has 0 bridgehead atoms. The average molecular weight is 452 g/mol. The topological polar surface area (TPSA) is 70.9 Å². The summed E-state index contributed by atoms with van der Waals surface area (Å²) in [4.78, 5) is 12.3. The summed E-state index contributed by atoms with van der Waals surface area (Å²) in [6.45, 7) is 1.63. The van der Waals surface area contributed by atoms with Gasteiger partial charge in [-0.1, -0.05) is 30.3 Å². The second kappa shape index (κ2) is 8.38. The first-order valence-electron chi connectivity index (χ1n) is 10.9. The molecule has 1 fully saturated rings. The number of aromatic amines is 1. The van der Waals surface area contributed by atoms with Crippen LogP contribution in [0.1, 0.15) is 43.6 Å². The van der Waals surface area contributed by atoms with Gasteiger partial charge >= 0.3 is 6.18 Å². The quantitative estimate of drug-likeness (QED) is 0.358. The summed E-state index contributed by atoms with van der Waals surface area (Å²) in [6.07, 6.45) is 4.42. The molecule has 4 aromatic rings. The Morgan fingerprint density at radius 3 is 2.58 bits per heavy atom. The lowest BCUT2D eigenvalue weighted by molar-refractivity contribution is -0.131. The second-order valence-electron chi connectivity index (χ2n) is 8.19. The van der Waals surface area contributed by atoms with Gasteiger partial charge in [0.25, 0.3) is 0 Å². The molecule has 0 aliphatic heterocycles. The molecule has 1 aliphatic carbocycles. The van der Waals surface area contributed by atoms with E-state index in [9.17, 15) is 13.2 Å². The van der Waals surface area contributed by atoms with Crippen molar-refractivity contribution in [2.45, 2.75) is 38.3 Å². The number of imidazole rings is 2. The Balaban J connectivity index is 1.45. The van der Waals surface area contributed by atoms with Crippen LogP contribution in [0.5, 0.6) is 0 Å². The Morgan fingerprint density at radius 1 is 1.12 bits per heavy atom. The van der Waals surface area contributed by atoms with Crippen LogP contribution < -0.4 is 5.32 Å². The molecule has 0 atom stereocenters. The minimum Gasteiger partial charge on any atom is -0.382 e. The van der Waals surface area contributed by atoms with Crippen LogP contribution in [0.2, 0.25) is 0 Å². The van der Waals surface area contributed by atoms with Crippen LogP contribution in [0.15, 0.2) is 48.8 Å². The zero-order valence-corrected chi connectivity index (χ0v) is 18.0. The minimum absolute atomic E-state index is 0.234. The van der Waals surface area contributed by atoms with Crippen molar-refractivity contribution >= 4 is 17.4 Å². The maximum atomic E-state index is 12.6. The highest BCUT2D eigenvalue weighted by atomic mass is 19.4. The van der Waals surface area contributed by atoms with Crippen LogP contribution in [0, 0.1) is 0 Å². The highest BCUT2D eigenvalue weighted by Gasteiger charge is 2.27. The molecule has 0 amide bonds. The summed E-state index contributed by atoms with van der Waals surface area (Å²) in [6, 6.07) is 9.70. The number of H-pyrrole nitrogens is 1. The number of fused-ring (bicyclic) bond motifs is 1. The van der Waals surface area contributed by atoms with E-state index in [4.69, 9.17) is 0 Å². The van der Waals surface area contributed by atoms with Gasteiger partial charge in [-0.3, -0.25) is 0 Å². The van der Waals surface area contributed by atoms with E-state index in [0.29, 0.717) is 22.9 Å². The van der Waals surface area contributed by atoms with E-state index in [1.807, 2.05) is 43.5 Å². The second-order valence-corrected chi connectivity index (χ2v) is 8.19. The highest BCUT2D eigenvalue weighted by molar-refractivity contribution is 5.75. The van der Waals surface area contributed by atoms with Gasteiger partial charge in [0.05, 0.1) is 41.6 Å². The molecule has 1 saturated carbocycles. The number of halogens is 3. The Kier molecular flexibility index (Phi) is 5.39. The van der Waals surface area contributed by atoms with Crippen molar-refractivity contribution in [1.29, 1.82) is 0 Å². The Labute approximate surface area is 188 Å². The predicted octanol–water partition coefficient (Wildman–Crippen LogP) is 6.06. The molecule has 6 nitrogen and oxygen atoms in total. The van der Waals surface area contributed by atoms with Crippen LogP contribution in [-0.2, 0) is 0 Å². The number of hydrogen-bond acceptors (Lipinski definition) is 4. The van der Waals surface area contributed by atoms with E-state index in [-0.39, 0.29) is 6.54 Å². The molecule has 1 aromatic carbocycles. The zero-order valence-electron chi connectivity index (χ0n) is 18.0. The first-order valence-corrected chi connectivity index (χ1v) is 10.9. The van der Waals surface area contributed by atoms with Gasteiger partial charge in [-0.25, -0.2) is 14.5 Å². The van der Waals surface area contributed by atoms with Gasteiger partial charge in [-0.2, -0.15) is 18.3 Å². The normalized spacial score (nSPS) is 14.4. The maximum absolute atomic E-state index is 12.6. The third-order valence-corrected chi connectivity index (χ3v) is 5.60. The molecular weight excluding hydrogens is 429 g/mol. The maximum Gasteiger partial charge on any atom is 0.390 e. The molecule has 3 heterocycles. The average Bonchev–Trinajstić information content (AvgIpc) is 3.35. The van der Waals surface area contributed by atoms with Crippen molar-refractivity contribution in [2.24, 2.45) is 0 Å². The van der Waals surface area contributed by atoms with Gasteiger partial charge in [0, 0.05) is 18.0 Å². The monoisotopic (exact) mass is 452 g/mol. The van der Waals surface area contributed by atoms with Gasteiger partial charge in [0.15, 0.2) is 5.65 Å². The number of nitrogens with one attached hydrogen (secondary N) is 2. The van der Waals surface area contributed by atoms with E-state index >= 15 is 0 Å². The van der Waals surface area contributed by atoms with Crippen molar-refractivity contribution in [2.75, 3.05) is 11.9 Å². The summed E-state index contributed by atoms with van der Waals surface area (Å²) in [5.74, 6) is 1.61. The Bertz CT molecular complexity index is 1300. The molecule has 1 aliphatic rings. The fourth-order valence-electron chi connectivity index (χ4n) is 3.77. The highest BCUT2D eigenvalue weighted by Crippen LogP contribution is 2.39. The molecular formula is C24H23F3N6. The summed E-state index contributed by atoms with van der Waals surface area (Å²) in [7, 11) is 0. The zero-order chi connectivity index (χ0) is 23.0. The molecule has 3 aromatic heterocycles. The SMILES string of the molecule is C/C=C/c1cc(NCCC(F)(F)F)c2ncc(-c3ccc(-c4cnc(C5CC5)[nH]4)cc3)n2n1. The number of rotatable bonds is 7. The molecule has 0 unspecified atom stereocenters. The number of alkyl halides is 3. The Morgan fingerprint density at radius 2 is 1.88 bits per heavy atom. The van der Waals surface area contributed by atoms with E-state index in [1.165, 1.54) is 12.8 Å². The number of allylic oxidation sites excluding steroid dienone is 1. The predicted molar refractivity (Wildman–Crippen MR) is 122 cm³/mol. The third-order valence-electron chi connectivity index (χ3n) is 5.60. The molecule has 170 valence electrons. The Hall–Kier alpha value is -3.62. The summed E-state index contributed by atoms with van der Waals surface area (Å²) in [5, 5.41) is 7.48. The van der Waals surface area contributed by atoms with Crippen LogP contribution in [0.4, 0.5) is 18.9 Å². The van der Waals surface area contributed by atoms with Crippen molar-refractivity contribution in [3.05, 3.63) is 60.3 Å². The first kappa shape index (κ1) is 21.2. The van der Waals surface area contributed by atoms with Crippen molar-refractivity contribution in [1.82, 2.24) is 24.6 Å². The lowest BCUT2D eigenvalue weighted by atomic mass is 10.1. The largest absolute Gasteiger partial charge is 0.390 e. The fraction of sp³-hybridized carbons (Fsp3) is 0.292. The molecule has 2 N–H and O–H groups in total. The molecule has 5 rings (SSSR count). The molecule has 0 radical (unpaired) electrons. The van der Waals surface area contributed by atoms with Crippen molar-refractivity contribution in [3.8, 4) is 22.5 Å². The molecule has 0 spiro atoms. The minimum atomic E-state index is -4.22. The van der Waals surface area contributed by atoms with Crippen LogP contribution >= 0.6 is 0 Å². The van der Waals surface area contributed by atoms with Gasteiger partial charge in [0.2, 0.25) is 0 Å². The number of nitrogens with zero attached hydrogens (tertiary/aromatic N) is 4. The number of hydrogen-bond donors (Lipinski definition) is 2. The number of aromatic nitrogens is 5. The summed E-state index contributed by atoms with van der Waals surface area (Å²) in [5.41, 5.74) is 5.28. The summed E-state index contributed by atoms with van der Waals surface area (Å²) >= 11 is 0. The van der Waals surface area contributed by atoms with E-state index in [1.54, 1.807) is 22.9 Å². The van der Waals surface area contributed by atoms with E-state index in [2.05, 4.69) is 25.4 Å². The van der Waals surface area contributed by atoms with Gasteiger partial charge in [0.1, 0.15) is 5.82 Å². The fourth-order valence-corrected chi connectivity index (χ4v) is 3.77. The van der Waals surface area contributed by atoms with Crippen LogP contribution in [-0.4, -0.2) is 37.3 Å².